The van der Waals surface area contributed by atoms with E-state index in [1.165, 1.54) is 167 Å². The van der Waals surface area contributed by atoms with Gasteiger partial charge in [0.25, 0.3) is 8.56 Å². The topological polar surface area (TPSA) is 9.72 Å². The highest BCUT2D eigenvalue weighted by atomic mass is 28.4. The molecule has 0 N–H and O–H groups in total. The third kappa shape index (κ3) is 17.2. The first-order valence-electron chi connectivity index (χ1n) is 18.7. The van der Waals surface area contributed by atoms with Gasteiger partial charge in [0, 0.05) is 0 Å². The van der Waals surface area contributed by atoms with Crippen molar-refractivity contribution < 1.29 is 0 Å². The molecule has 0 aliphatic heterocycles. The summed E-state index contributed by atoms with van der Waals surface area (Å²) < 4.78 is 9.50. The molecule has 0 fully saturated rings. The summed E-state index contributed by atoms with van der Waals surface area (Å²) in [6.45, 7) is 31.3. The summed E-state index contributed by atoms with van der Waals surface area (Å²) >= 11 is 0. The quantitative estimate of drug-likeness (QED) is 0.0572. The summed E-state index contributed by atoms with van der Waals surface area (Å²) in [5, 5.41) is 0. The molecule has 0 atom stereocenters. The third-order valence-electron chi connectivity index (χ3n) is 9.34. The van der Waals surface area contributed by atoms with Crippen molar-refractivity contribution in [2.24, 2.45) is 0 Å². The monoisotopic (exact) mass is 610 g/mol. The van der Waals surface area contributed by atoms with E-state index in [4.69, 9.17) is 0 Å². The van der Waals surface area contributed by atoms with Crippen molar-refractivity contribution in [2.75, 3.05) is 39.3 Å². The lowest BCUT2D eigenvalue weighted by atomic mass is 10.1. The lowest BCUT2D eigenvalue weighted by molar-refractivity contribution is 0.220. The Morgan fingerprint density at radius 3 is 0.951 bits per heavy atom. The van der Waals surface area contributed by atoms with Gasteiger partial charge in [0.15, 0.2) is 0 Å². The van der Waals surface area contributed by atoms with E-state index in [-0.39, 0.29) is 0 Å². The predicted octanol–water partition coefficient (Wildman–Crippen LogP) is 11.4. The van der Waals surface area contributed by atoms with Crippen molar-refractivity contribution in [3.8, 4) is 0 Å². The second kappa shape index (κ2) is 26.5. The van der Waals surface area contributed by atoms with E-state index in [9.17, 15) is 0 Å². The van der Waals surface area contributed by atoms with Gasteiger partial charge in [-0.2, -0.15) is 0 Å². The molecule has 0 aliphatic rings. The Bertz CT molecular complexity index is 509. The van der Waals surface area contributed by atoms with Crippen LogP contribution in [0.1, 0.15) is 157 Å². The van der Waals surface area contributed by atoms with E-state index in [1.807, 2.05) is 0 Å². The zero-order valence-electron chi connectivity index (χ0n) is 30.0. The molecule has 0 spiro atoms. The molecule has 41 heavy (non-hydrogen) atoms. The van der Waals surface area contributed by atoms with Crippen LogP contribution in [0.25, 0.3) is 0 Å². The lowest BCUT2D eigenvalue weighted by Gasteiger charge is -2.55. The maximum Gasteiger partial charge on any atom is 0.289 e. The highest BCUT2D eigenvalue weighted by molar-refractivity contribution is 6.82. The van der Waals surface area contributed by atoms with Gasteiger partial charge in [-0.1, -0.05) is 138 Å². The molecule has 3 nitrogen and oxygen atoms in total. The zero-order valence-corrected chi connectivity index (χ0v) is 32.0. The minimum Gasteiger partial charge on any atom is -0.299 e. The molecule has 0 aromatic carbocycles. The zero-order chi connectivity index (χ0) is 30.8. The standard InChI is InChI=1S/C36H79N3Si2/c1-10-17-29-37(30-18-11-2)41(38(31-19-12-3)32-20-13-4,39(33-21-14-5)34-22-15-6)36-28-26-24-23-25-27-35-40(8,9)16-7/h16H,7,10-15,17-36H2,1-6,8-9H3. The smallest absolute Gasteiger partial charge is 0.289 e. The molecule has 0 amide bonds. The van der Waals surface area contributed by atoms with Gasteiger partial charge in [0.1, 0.15) is 0 Å². The van der Waals surface area contributed by atoms with Crippen molar-refractivity contribution in [3.05, 3.63) is 12.3 Å². The normalized spacial score (nSPS) is 12.8. The van der Waals surface area contributed by atoms with Gasteiger partial charge >= 0.3 is 0 Å². The number of unbranched alkanes of at least 4 members (excludes halogenated alkanes) is 11. The number of hydrogen-bond acceptors (Lipinski definition) is 3. The van der Waals surface area contributed by atoms with E-state index >= 15 is 0 Å². The first-order chi connectivity index (χ1) is 19.8. The molecule has 0 radical (unpaired) electrons. The molecular formula is C36H79N3Si2. The van der Waals surface area contributed by atoms with Gasteiger partial charge in [-0.3, -0.25) is 13.7 Å². The van der Waals surface area contributed by atoms with Crippen LogP contribution in [0.3, 0.4) is 0 Å². The molecule has 0 aliphatic carbocycles. The Morgan fingerprint density at radius 1 is 0.415 bits per heavy atom. The fraction of sp³-hybridized carbons (Fsp3) is 0.944. The molecular weight excluding hydrogens is 531 g/mol. The van der Waals surface area contributed by atoms with Gasteiger partial charge in [0.05, 0.1) is 8.07 Å². The SMILES string of the molecule is C=C[Si](C)(C)CCCCCCCC[Si](N(CCCC)CCCC)(N(CCCC)CCCC)N(CCCC)CCCC. The van der Waals surface area contributed by atoms with Crippen molar-refractivity contribution >= 4 is 16.6 Å². The van der Waals surface area contributed by atoms with E-state index in [2.05, 4.69) is 80.6 Å². The van der Waals surface area contributed by atoms with Gasteiger partial charge in [-0.05, 0) is 83.8 Å². The maximum absolute atomic E-state index is 4.10. The van der Waals surface area contributed by atoms with E-state index < -0.39 is 16.6 Å². The summed E-state index contributed by atoms with van der Waals surface area (Å²) in [5.41, 5.74) is 2.28. The van der Waals surface area contributed by atoms with Crippen LogP contribution in [0.15, 0.2) is 12.3 Å². The molecule has 5 heteroatoms. The summed E-state index contributed by atoms with van der Waals surface area (Å²) in [6.07, 6.45) is 24.5. The fourth-order valence-corrected chi connectivity index (χ4v) is 13.7. The Kier molecular flexibility index (Phi) is 26.5. The van der Waals surface area contributed by atoms with Crippen LogP contribution in [0, 0.1) is 0 Å². The lowest BCUT2D eigenvalue weighted by Crippen LogP contribution is -2.76. The average Bonchev–Trinajstić information content (AvgIpc) is 2.97. The van der Waals surface area contributed by atoms with Gasteiger partial charge in [-0.15, -0.1) is 12.3 Å². The predicted molar refractivity (Wildman–Crippen MR) is 195 cm³/mol. The second-order valence-electron chi connectivity index (χ2n) is 13.7. The molecule has 0 aromatic rings. The van der Waals surface area contributed by atoms with E-state index in [0.29, 0.717) is 0 Å². The number of rotatable bonds is 31. The maximum atomic E-state index is 4.10. The van der Waals surface area contributed by atoms with Crippen molar-refractivity contribution in [3.63, 3.8) is 0 Å². The third-order valence-corrected chi connectivity index (χ3v) is 17.5. The molecule has 0 unspecified atom stereocenters. The molecule has 0 heterocycles. The van der Waals surface area contributed by atoms with Gasteiger partial charge in [-0.25, -0.2) is 0 Å². The van der Waals surface area contributed by atoms with Gasteiger partial charge < -0.3 is 0 Å². The minimum absolute atomic E-state index is 1.13. The van der Waals surface area contributed by atoms with Gasteiger partial charge in [0.2, 0.25) is 0 Å². The highest BCUT2D eigenvalue weighted by Crippen LogP contribution is 2.31. The fourth-order valence-electron chi connectivity index (χ4n) is 6.33. The summed E-state index contributed by atoms with van der Waals surface area (Å²) in [6, 6.07) is 2.88. The Labute approximate surface area is 263 Å². The summed E-state index contributed by atoms with van der Waals surface area (Å²) in [7, 11) is -3.15. The largest absolute Gasteiger partial charge is 0.299 e. The summed E-state index contributed by atoms with van der Waals surface area (Å²) in [5.74, 6) is 0. The van der Waals surface area contributed by atoms with Crippen molar-refractivity contribution in [1.82, 2.24) is 13.7 Å². The van der Waals surface area contributed by atoms with Crippen LogP contribution in [0.4, 0.5) is 0 Å². The molecule has 246 valence electrons. The van der Waals surface area contributed by atoms with E-state index in [0.717, 1.165) is 0 Å². The van der Waals surface area contributed by atoms with Crippen LogP contribution in [0.2, 0.25) is 25.2 Å². The number of nitrogens with zero attached hydrogens (tertiary/aromatic N) is 3. The second-order valence-corrected chi connectivity index (χ2v) is 22.5. The molecule has 0 bridgehead atoms. The Balaban J connectivity index is 6.21. The van der Waals surface area contributed by atoms with Crippen molar-refractivity contribution in [1.29, 1.82) is 0 Å². The van der Waals surface area contributed by atoms with Crippen LogP contribution in [-0.2, 0) is 0 Å². The summed E-state index contributed by atoms with van der Waals surface area (Å²) in [4.78, 5) is 0. The van der Waals surface area contributed by atoms with E-state index in [1.54, 1.807) is 0 Å². The van der Waals surface area contributed by atoms with Crippen LogP contribution in [-0.4, -0.2) is 69.6 Å². The Morgan fingerprint density at radius 2 is 0.683 bits per heavy atom. The highest BCUT2D eigenvalue weighted by Gasteiger charge is 2.49. The first kappa shape index (κ1) is 41.1. The Hall–Kier alpha value is 0.0538. The minimum atomic E-state index is -2.02. The molecule has 0 aromatic heterocycles. The van der Waals surface area contributed by atoms with Crippen LogP contribution < -0.4 is 0 Å². The van der Waals surface area contributed by atoms with Crippen molar-refractivity contribution in [2.45, 2.75) is 182 Å². The average molecular weight is 610 g/mol. The molecule has 0 saturated heterocycles. The first-order valence-corrected chi connectivity index (χ1v) is 24.0. The van der Waals surface area contributed by atoms with Crippen LogP contribution >= 0.6 is 0 Å². The van der Waals surface area contributed by atoms with Crippen LogP contribution in [0.5, 0.6) is 0 Å². The molecule has 0 saturated carbocycles. The molecule has 0 rings (SSSR count). The number of hydrogen-bond donors (Lipinski definition) is 0.